The molecule has 0 aliphatic carbocycles. The summed E-state index contributed by atoms with van der Waals surface area (Å²) in [7, 11) is 1.78. The molecule has 5 nitrogen and oxygen atoms in total. The molecule has 0 atom stereocenters. The SMILES string of the molecule is CCOC(=O)c1ccc2nnn(C)c2c1.Clc1cccc(Cl)c1. The number of ether oxygens (including phenoxy) is 1. The van der Waals surface area contributed by atoms with Gasteiger partial charge >= 0.3 is 5.97 Å². The zero-order chi connectivity index (χ0) is 16.8. The molecule has 3 aromatic rings. The molecule has 0 unspecified atom stereocenters. The second-order valence-corrected chi connectivity index (χ2v) is 5.45. The van der Waals surface area contributed by atoms with Gasteiger partial charge in [0.25, 0.3) is 0 Å². The van der Waals surface area contributed by atoms with Gasteiger partial charge in [-0.1, -0.05) is 34.5 Å². The molecule has 1 heterocycles. The smallest absolute Gasteiger partial charge is 0.338 e. The van der Waals surface area contributed by atoms with Crippen LogP contribution in [0, 0.1) is 0 Å². The average molecular weight is 352 g/mol. The molecule has 23 heavy (non-hydrogen) atoms. The van der Waals surface area contributed by atoms with Crippen molar-refractivity contribution in [2.75, 3.05) is 6.61 Å². The molecule has 2 aromatic carbocycles. The Labute approximate surface area is 143 Å². The predicted molar refractivity (Wildman–Crippen MR) is 90.9 cm³/mol. The summed E-state index contributed by atoms with van der Waals surface area (Å²) in [5.74, 6) is -0.319. The minimum atomic E-state index is -0.319. The second-order valence-electron chi connectivity index (χ2n) is 4.58. The molecule has 0 spiro atoms. The topological polar surface area (TPSA) is 57.0 Å². The average Bonchev–Trinajstić information content (AvgIpc) is 2.89. The van der Waals surface area contributed by atoms with Gasteiger partial charge in [0, 0.05) is 17.1 Å². The Morgan fingerprint density at radius 3 is 2.43 bits per heavy atom. The lowest BCUT2D eigenvalue weighted by Crippen LogP contribution is -2.04. The van der Waals surface area contributed by atoms with Crippen LogP contribution in [0.4, 0.5) is 0 Å². The van der Waals surface area contributed by atoms with E-state index < -0.39 is 0 Å². The molecule has 0 N–H and O–H groups in total. The van der Waals surface area contributed by atoms with E-state index in [-0.39, 0.29) is 5.97 Å². The maximum Gasteiger partial charge on any atom is 0.338 e. The summed E-state index contributed by atoms with van der Waals surface area (Å²) in [4.78, 5) is 11.4. The number of nitrogens with zero attached hydrogens (tertiary/aromatic N) is 3. The first-order chi connectivity index (χ1) is 11.0. The maximum absolute atomic E-state index is 11.4. The fraction of sp³-hybridized carbons (Fsp3) is 0.188. The summed E-state index contributed by atoms with van der Waals surface area (Å²) in [6.45, 7) is 2.16. The van der Waals surface area contributed by atoms with Gasteiger partial charge in [-0.05, 0) is 43.3 Å². The Balaban J connectivity index is 0.000000203. The number of hydrogen-bond donors (Lipinski definition) is 0. The lowest BCUT2D eigenvalue weighted by molar-refractivity contribution is 0.0526. The molecule has 0 fully saturated rings. The molecule has 0 saturated heterocycles. The van der Waals surface area contributed by atoms with Gasteiger partial charge in [-0.15, -0.1) is 5.10 Å². The quantitative estimate of drug-likeness (QED) is 0.651. The normalized spacial score (nSPS) is 10.1. The minimum absolute atomic E-state index is 0.319. The first-order valence-electron chi connectivity index (χ1n) is 6.89. The summed E-state index contributed by atoms with van der Waals surface area (Å²) in [6, 6.07) is 12.3. The van der Waals surface area contributed by atoms with Crippen LogP contribution in [0.2, 0.25) is 10.0 Å². The van der Waals surface area contributed by atoms with E-state index in [1.54, 1.807) is 55.1 Å². The molecule has 3 rings (SSSR count). The van der Waals surface area contributed by atoms with Gasteiger partial charge in [-0.2, -0.15) is 0 Å². The summed E-state index contributed by atoms with van der Waals surface area (Å²) >= 11 is 11.1. The zero-order valence-corrected chi connectivity index (χ0v) is 14.2. The number of esters is 1. The van der Waals surface area contributed by atoms with Crippen LogP contribution in [-0.4, -0.2) is 27.6 Å². The Morgan fingerprint density at radius 2 is 1.87 bits per heavy atom. The van der Waals surface area contributed by atoms with Gasteiger partial charge in [-0.3, -0.25) is 0 Å². The van der Waals surface area contributed by atoms with Crippen LogP contribution in [0.25, 0.3) is 11.0 Å². The largest absolute Gasteiger partial charge is 0.462 e. The van der Waals surface area contributed by atoms with Crippen molar-refractivity contribution in [2.24, 2.45) is 7.05 Å². The standard InChI is InChI=1S/C10H11N3O2.C6H4Cl2/c1-3-15-10(14)7-4-5-8-9(6-7)13(2)12-11-8;7-5-2-1-3-6(8)4-5/h4-6H,3H2,1-2H3;1-4H. The van der Waals surface area contributed by atoms with Crippen molar-refractivity contribution in [2.45, 2.75) is 6.92 Å². The molecule has 0 aliphatic rings. The first-order valence-corrected chi connectivity index (χ1v) is 7.64. The minimum Gasteiger partial charge on any atom is -0.462 e. The molecule has 0 bridgehead atoms. The number of aryl methyl sites for hydroxylation is 1. The van der Waals surface area contributed by atoms with Crippen LogP contribution in [0.15, 0.2) is 42.5 Å². The Kier molecular flexibility index (Phi) is 5.96. The van der Waals surface area contributed by atoms with Crippen molar-refractivity contribution < 1.29 is 9.53 Å². The summed E-state index contributed by atoms with van der Waals surface area (Å²) in [6.07, 6.45) is 0. The van der Waals surface area contributed by atoms with E-state index >= 15 is 0 Å². The van der Waals surface area contributed by atoms with Crippen molar-refractivity contribution in [1.29, 1.82) is 0 Å². The number of halogens is 2. The van der Waals surface area contributed by atoms with Crippen molar-refractivity contribution in [1.82, 2.24) is 15.0 Å². The number of aromatic nitrogens is 3. The summed E-state index contributed by atoms with van der Waals surface area (Å²) < 4.78 is 6.53. The van der Waals surface area contributed by atoms with E-state index in [1.807, 2.05) is 6.07 Å². The Morgan fingerprint density at radius 1 is 1.17 bits per heavy atom. The maximum atomic E-state index is 11.4. The van der Waals surface area contributed by atoms with Crippen LogP contribution in [0.1, 0.15) is 17.3 Å². The second kappa shape index (κ2) is 7.94. The first kappa shape index (κ1) is 17.2. The number of hydrogen-bond acceptors (Lipinski definition) is 4. The van der Waals surface area contributed by atoms with Crippen LogP contribution >= 0.6 is 23.2 Å². The molecule has 7 heteroatoms. The number of benzene rings is 2. The third kappa shape index (κ3) is 4.68. The molecular weight excluding hydrogens is 337 g/mol. The number of rotatable bonds is 2. The van der Waals surface area contributed by atoms with E-state index in [1.165, 1.54) is 0 Å². The van der Waals surface area contributed by atoms with Gasteiger partial charge in [0.05, 0.1) is 17.7 Å². The van der Waals surface area contributed by atoms with Gasteiger partial charge < -0.3 is 4.74 Å². The highest BCUT2D eigenvalue weighted by molar-refractivity contribution is 6.34. The van der Waals surface area contributed by atoms with Crippen molar-refractivity contribution in [3.05, 3.63) is 58.1 Å². The van der Waals surface area contributed by atoms with Crippen LogP contribution < -0.4 is 0 Å². The van der Waals surface area contributed by atoms with Gasteiger partial charge in [-0.25, -0.2) is 9.48 Å². The number of carbonyl (C=O) groups excluding carboxylic acids is 1. The van der Waals surface area contributed by atoms with E-state index in [9.17, 15) is 4.79 Å². The highest BCUT2D eigenvalue weighted by Gasteiger charge is 2.09. The van der Waals surface area contributed by atoms with Gasteiger partial charge in [0.2, 0.25) is 0 Å². The highest BCUT2D eigenvalue weighted by Crippen LogP contribution is 2.14. The lowest BCUT2D eigenvalue weighted by atomic mass is 10.2. The van der Waals surface area contributed by atoms with Crippen molar-refractivity contribution in [3.63, 3.8) is 0 Å². The molecule has 0 radical (unpaired) electrons. The molecule has 0 amide bonds. The monoisotopic (exact) mass is 351 g/mol. The predicted octanol–water partition coefficient (Wildman–Crippen LogP) is 4.14. The van der Waals surface area contributed by atoms with E-state index in [2.05, 4.69) is 10.3 Å². The molecule has 120 valence electrons. The van der Waals surface area contributed by atoms with Crippen LogP contribution in [0.3, 0.4) is 0 Å². The molecule has 1 aromatic heterocycles. The van der Waals surface area contributed by atoms with E-state index in [0.29, 0.717) is 22.2 Å². The summed E-state index contributed by atoms with van der Waals surface area (Å²) in [5, 5.41) is 9.14. The Hall–Kier alpha value is -2.11. The van der Waals surface area contributed by atoms with Gasteiger partial charge in [0.1, 0.15) is 5.52 Å². The van der Waals surface area contributed by atoms with E-state index in [4.69, 9.17) is 27.9 Å². The summed E-state index contributed by atoms with van der Waals surface area (Å²) in [5.41, 5.74) is 2.11. The fourth-order valence-corrected chi connectivity index (χ4v) is 2.27. The van der Waals surface area contributed by atoms with E-state index in [0.717, 1.165) is 11.0 Å². The molecule has 0 aliphatic heterocycles. The van der Waals surface area contributed by atoms with Crippen LogP contribution in [0.5, 0.6) is 0 Å². The fourth-order valence-electron chi connectivity index (χ4n) is 1.83. The third-order valence-corrected chi connectivity index (χ3v) is 3.38. The third-order valence-electron chi connectivity index (χ3n) is 2.91. The zero-order valence-electron chi connectivity index (χ0n) is 12.7. The molecular formula is C16H15Cl2N3O2. The van der Waals surface area contributed by atoms with Gasteiger partial charge in [0.15, 0.2) is 0 Å². The van der Waals surface area contributed by atoms with Crippen molar-refractivity contribution in [3.8, 4) is 0 Å². The highest BCUT2D eigenvalue weighted by atomic mass is 35.5. The lowest BCUT2D eigenvalue weighted by Gasteiger charge is -2.01. The van der Waals surface area contributed by atoms with Crippen LogP contribution in [-0.2, 0) is 11.8 Å². The van der Waals surface area contributed by atoms with Crippen molar-refractivity contribution >= 4 is 40.2 Å². The Bertz CT molecular complexity index is 801. The number of fused-ring (bicyclic) bond motifs is 1. The number of carbonyl (C=O) groups is 1. The molecule has 0 saturated carbocycles.